The Bertz CT molecular complexity index is 1020. The number of amides is 1. The average Bonchev–Trinajstić information content (AvgIpc) is 3.29. The number of nitrogens with one attached hydrogen (secondary N) is 1. The molecule has 6 nitrogen and oxygen atoms in total. The normalized spacial score (nSPS) is 19.1. The largest absolute Gasteiger partial charge is 0.445 e. The fourth-order valence-electron chi connectivity index (χ4n) is 3.55. The Morgan fingerprint density at radius 2 is 2.00 bits per heavy atom. The summed E-state index contributed by atoms with van der Waals surface area (Å²) in [6.07, 6.45) is 0.183. The van der Waals surface area contributed by atoms with Crippen molar-refractivity contribution in [2.75, 3.05) is 6.54 Å². The molecule has 2 atom stereocenters. The first kappa shape index (κ1) is 18.2. The predicted molar refractivity (Wildman–Crippen MR) is 100 cm³/mol. The van der Waals surface area contributed by atoms with Crippen molar-refractivity contribution in [3.63, 3.8) is 0 Å². The van der Waals surface area contributed by atoms with Gasteiger partial charge in [0, 0.05) is 29.1 Å². The number of benzene rings is 2. The first-order valence-corrected chi connectivity index (χ1v) is 8.99. The molecule has 0 aliphatic carbocycles. The number of nitrogens with zero attached hydrogens (tertiary/aromatic N) is 1. The van der Waals surface area contributed by atoms with Gasteiger partial charge in [-0.15, -0.1) is 0 Å². The molecule has 0 radical (unpaired) electrons. The lowest BCUT2D eigenvalue weighted by Crippen LogP contribution is -2.41. The quantitative estimate of drug-likeness (QED) is 0.679. The second kappa shape index (κ2) is 7.44. The maximum atomic E-state index is 13.4. The maximum absolute atomic E-state index is 13.4. The monoisotopic (exact) mass is 382 g/mol. The summed E-state index contributed by atoms with van der Waals surface area (Å²) < 4.78 is 18.7. The Kier molecular flexibility index (Phi) is 4.83. The number of aliphatic hydroxyl groups excluding tert-OH is 1. The van der Waals surface area contributed by atoms with Gasteiger partial charge < -0.3 is 14.8 Å². The van der Waals surface area contributed by atoms with Crippen LogP contribution < -0.4 is 0 Å². The number of aromatic nitrogens is 1. The van der Waals surface area contributed by atoms with E-state index in [-0.39, 0.29) is 25.4 Å². The minimum Gasteiger partial charge on any atom is -0.445 e. The van der Waals surface area contributed by atoms with Crippen molar-refractivity contribution in [3.05, 3.63) is 71.7 Å². The first-order valence-electron chi connectivity index (χ1n) is 8.99. The Balaban J connectivity index is 1.53. The van der Waals surface area contributed by atoms with Crippen LogP contribution in [0.3, 0.4) is 0 Å². The second-order valence-electron chi connectivity index (χ2n) is 6.85. The molecule has 4 rings (SSSR count). The number of Topliss-reactive ketones (excluding diaryl/α,β-unsaturated/α-hetero) is 1. The van der Waals surface area contributed by atoms with Gasteiger partial charge in [0.25, 0.3) is 0 Å². The minimum atomic E-state index is -0.831. The molecular formula is C21H19FN2O4. The molecule has 2 N–H and O–H groups in total. The molecule has 144 valence electrons. The van der Waals surface area contributed by atoms with Crippen LogP contribution in [0.2, 0.25) is 0 Å². The molecule has 2 aromatic carbocycles. The van der Waals surface area contributed by atoms with Gasteiger partial charge in [0.05, 0.1) is 12.6 Å². The molecule has 1 fully saturated rings. The van der Waals surface area contributed by atoms with Crippen molar-refractivity contribution in [2.24, 2.45) is 0 Å². The third-order valence-corrected chi connectivity index (χ3v) is 4.93. The molecule has 1 aliphatic heterocycles. The number of carbonyl (C=O) groups is 2. The van der Waals surface area contributed by atoms with Crippen molar-refractivity contribution in [1.29, 1.82) is 0 Å². The van der Waals surface area contributed by atoms with E-state index in [1.165, 1.54) is 29.3 Å². The third-order valence-electron chi connectivity index (χ3n) is 4.93. The summed E-state index contributed by atoms with van der Waals surface area (Å²) in [5.41, 5.74) is 1.69. The summed E-state index contributed by atoms with van der Waals surface area (Å²) in [5, 5.41) is 10.6. The zero-order valence-corrected chi connectivity index (χ0v) is 15.0. The molecule has 1 saturated heterocycles. The highest BCUT2D eigenvalue weighted by molar-refractivity contribution is 6.11. The molecular weight excluding hydrogens is 363 g/mol. The van der Waals surface area contributed by atoms with Crippen molar-refractivity contribution >= 4 is 22.8 Å². The number of hydrogen-bond donors (Lipinski definition) is 2. The van der Waals surface area contributed by atoms with E-state index >= 15 is 0 Å². The standard InChI is InChI=1S/C21H19FN2O4/c22-14-6-7-16-17(10-23-18(16)8-14)20(26)19-9-15(25)11-24(19)21(27)28-12-13-4-2-1-3-5-13/h1-8,10,15,19,23,25H,9,11-12H2/t15-,19-/m0/s1. The Hall–Kier alpha value is -3.19. The fraction of sp³-hybridized carbons (Fsp3) is 0.238. The highest BCUT2D eigenvalue weighted by Gasteiger charge is 2.40. The smallest absolute Gasteiger partial charge is 0.410 e. The molecule has 1 aliphatic rings. The zero-order chi connectivity index (χ0) is 19.7. The van der Waals surface area contributed by atoms with E-state index in [2.05, 4.69) is 4.98 Å². The third kappa shape index (κ3) is 3.48. The summed E-state index contributed by atoms with van der Waals surface area (Å²) in [6.45, 7) is 0.112. The fourth-order valence-corrected chi connectivity index (χ4v) is 3.55. The predicted octanol–water partition coefficient (Wildman–Crippen LogP) is 3.26. The Morgan fingerprint density at radius 3 is 2.79 bits per heavy atom. The summed E-state index contributed by atoms with van der Waals surface area (Å²) in [7, 11) is 0. The van der Waals surface area contributed by atoms with E-state index in [0.717, 1.165) is 5.56 Å². The molecule has 2 heterocycles. The number of carbonyl (C=O) groups excluding carboxylic acids is 2. The van der Waals surface area contributed by atoms with E-state index < -0.39 is 24.1 Å². The molecule has 7 heteroatoms. The maximum Gasteiger partial charge on any atom is 0.410 e. The van der Waals surface area contributed by atoms with Crippen LogP contribution in [-0.4, -0.2) is 45.6 Å². The number of aliphatic hydroxyl groups is 1. The molecule has 0 unspecified atom stereocenters. The van der Waals surface area contributed by atoms with Gasteiger partial charge in [-0.05, 0) is 23.8 Å². The van der Waals surface area contributed by atoms with E-state index in [9.17, 15) is 19.1 Å². The number of aromatic amines is 1. The van der Waals surface area contributed by atoms with Crippen LogP contribution >= 0.6 is 0 Å². The van der Waals surface area contributed by atoms with Crippen LogP contribution in [0.1, 0.15) is 22.3 Å². The van der Waals surface area contributed by atoms with E-state index in [4.69, 9.17) is 4.74 Å². The van der Waals surface area contributed by atoms with Crippen LogP contribution in [0.15, 0.2) is 54.7 Å². The zero-order valence-electron chi connectivity index (χ0n) is 15.0. The average molecular weight is 382 g/mol. The van der Waals surface area contributed by atoms with Gasteiger partial charge in [-0.2, -0.15) is 0 Å². The van der Waals surface area contributed by atoms with Gasteiger partial charge in [-0.3, -0.25) is 9.69 Å². The number of likely N-dealkylation sites (tertiary alicyclic amines) is 1. The molecule has 1 amide bonds. The SMILES string of the molecule is O=C(c1c[nH]c2cc(F)ccc12)[C@@H]1C[C@H](O)CN1C(=O)OCc1ccccc1. The van der Waals surface area contributed by atoms with Crippen molar-refractivity contribution in [2.45, 2.75) is 25.2 Å². The van der Waals surface area contributed by atoms with Crippen LogP contribution in [0.25, 0.3) is 10.9 Å². The second-order valence-corrected chi connectivity index (χ2v) is 6.85. The van der Waals surface area contributed by atoms with Crippen LogP contribution in [-0.2, 0) is 11.3 Å². The van der Waals surface area contributed by atoms with E-state index in [0.29, 0.717) is 16.5 Å². The lowest BCUT2D eigenvalue weighted by molar-refractivity contribution is 0.0730. The van der Waals surface area contributed by atoms with Crippen LogP contribution in [0.5, 0.6) is 0 Å². The summed E-state index contributed by atoms with van der Waals surface area (Å²) in [6, 6.07) is 12.5. The number of β-amino-alcohol motifs (C(OH)–C–C–N with tert-alkyl or cyclic N) is 1. The summed E-state index contributed by atoms with van der Waals surface area (Å²) in [4.78, 5) is 29.7. The molecule has 0 spiro atoms. The number of rotatable bonds is 4. The van der Waals surface area contributed by atoms with Gasteiger partial charge >= 0.3 is 6.09 Å². The van der Waals surface area contributed by atoms with Gasteiger partial charge in [-0.25, -0.2) is 9.18 Å². The van der Waals surface area contributed by atoms with Crippen LogP contribution in [0, 0.1) is 5.82 Å². The van der Waals surface area contributed by atoms with E-state index in [1.54, 1.807) is 0 Å². The molecule has 28 heavy (non-hydrogen) atoms. The number of halogens is 1. The lowest BCUT2D eigenvalue weighted by Gasteiger charge is -2.22. The number of ether oxygens (including phenoxy) is 1. The van der Waals surface area contributed by atoms with Crippen LogP contribution in [0.4, 0.5) is 9.18 Å². The summed E-state index contributed by atoms with van der Waals surface area (Å²) in [5.74, 6) is -0.721. The van der Waals surface area contributed by atoms with Crippen molar-refractivity contribution in [1.82, 2.24) is 9.88 Å². The topological polar surface area (TPSA) is 82.6 Å². The van der Waals surface area contributed by atoms with Crippen molar-refractivity contribution < 1.29 is 23.8 Å². The first-order chi connectivity index (χ1) is 13.5. The Morgan fingerprint density at radius 1 is 1.21 bits per heavy atom. The highest BCUT2D eigenvalue weighted by atomic mass is 19.1. The Labute approximate surface area is 160 Å². The lowest BCUT2D eigenvalue weighted by atomic mass is 10.0. The van der Waals surface area contributed by atoms with Gasteiger partial charge in [0.2, 0.25) is 0 Å². The van der Waals surface area contributed by atoms with E-state index in [1.807, 2.05) is 30.3 Å². The van der Waals surface area contributed by atoms with Gasteiger partial charge in [0.1, 0.15) is 18.5 Å². The molecule has 0 saturated carbocycles. The summed E-state index contributed by atoms with van der Waals surface area (Å²) >= 11 is 0. The highest BCUT2D eigenvalue weighted by Crippen LogP contribution is 2.27. The van der Waals surface area contributed by atoms with Crippen molar-refractivity contribution in [3.8, 4) is 0 Å². The van der Waals surface area contributed by atoms with Gasteiger partial charge in [-0.1, -0.05) is 30.3 Å². The number of fused-ring (bicyclic) bond motifs is 1. The number of H-pyrrole nitrogens is 1. The minimum absolute atomic E-state index is 0.0288. The number of ketones is 1. The molecule has 3 aromatic rings. The molecule has 0 bridgehead atoms. The number of hydrogen-bond acceptors (Lipinski definition) is 4. The van der Waals surface area contributed by atoms with Gasteiger partial charge in [0.15, 0.2) is 5.78 Å². The molecule has 1 aromatic heterocycles.